The summed E-state index contributed by atoms with van der Waals surface area (Å²) in [5.74, 6) is -1.55. The van der Waals surface area contributed by atoms with E-state index in [1.54, 1.807) is 0 Å². The van der Waals surface area contributed by atoms with Crippen molar-refractivity contribution in [3.05, 3.63) is 47.0 Å². The van der Waals surface area contributed by atoms with E-state index < -0.39 is 49.0 Å². The Hall–Kier alpha value is -2.89. The Labute approximate surface area is 176 Å². The number of fused-ring (bicyclic) bond motifs is 1. The first-order chi connectivity index (χ1) is 14.7. The second kappa shape index (κ2) is 7.98. The molecule has 10 heteroatoms. The van der Waals surface area contributed by atoms with Crippen molar-refractivity contribution < 1.29 is 50.0 Å². The first-order valence-corrected chi connectivity index (χ1v) is 9.61. The molecule has 166 valence electrons. The molecule has 1 fully saturated rings. The van der Waals surface area contributed by atoms with E-state index >= 15 is 0 Å². The summed E-state index contributed by atoms with van der Waals surface area (Å²) in [4.78, 5) is 12.8. The van der Waals surface area contributed by atoms with Crippen LogP contribution in [0.4, 0.5) is 0 Å². The van der Waals surface area contributed by atoms with Crippen LogP contribution >= 0.6 is 0 Å². The highest BCUT2D eigenvalue weighted by atomic mass is 16.5. The third-order valence-electron chi connectivity index (χ3n) is 5.65. The molecular formula is C21H22O10. The number of carbonyl (C=O) groups is 1. The van der Waals surface area contributed by atoms with E-state index in [-0.39, 0.29) is 40.6 Å². The van der Waals surface area contributed by atoms with E-state index in [0.717, 1.165) is 0 Å². The van der Waals surface area contributed by atoms with Crippen molar-refractivity contribution in [2.24, 2.45) is 0 Å². The number of aliphatic hydroxyl groups excluding tert-OH is 4. The molecule has 0 aromatic heterocycles. The molecule has 0 radical (unpaired) electrons. The second-order valence-corrected chi connectivity index (χ2v) is 7.61. The van der Waals surface area contributed by atoms with Gasteiger partial charge in [0.2, 0.25) is 0 Å². The Morgan fingerprint density at radius 3 is 2.29 bits per heavy atom. The molecule has 4 rings (SSSR count). The fourth-order valence-corrected chi connectivity index (χ4v) is 3.94. The third kappa shape index (κ3) is 3.58. The zero-order chi connectivity index (χ0) is 22.4. The van der Waals surface area contributed by atoms with Gasteiger partial charge >= 0.3 is 0 Å². The van der Waals surface area contributed by atoms with Crippen LogP contribution in [0, 0.1) is 0 Å². The molecule has 6 atom stereocenters. The van der Waals surface area contributed by atoms with Gasteiger partial charge < -0.3 is 45.2 Å². The first kappa shape index (κ1) is 21.3. The molecule has 0 amide bonds. The van der Waals surface area contributed by atoms with Crippen molar-refractivity contribution in [2.75, 3.05) is 6.61 Å². The number of ketones is 1. The van der Waals surface area contributed by atoms with E-state index in [4.69, 9.17) is 9.47 Å². The number of phenolic OH excluding ortho intramolecular Hbond substituents is 3. The highest BCUT2D eigenvalue weighted by Gasteiger charge is 2.47. The van der Waals surface area contributed by atoms with Gasteiger partial charge in [-0.1, -0.05) is 6.07 Å². The zero-order valence-corrected chi connectivity index (χ0v) is 16.1. The van der Waals surface area contributed by atoms with Gasteiger partial charge in [0, 0.05) is 0 Å². The number of aliphatic hydroxyl groups is 4. The van der Waals surface area contributed by atoms with Crippen molar-refractivity contribution in [2.45, 2.75) is 43.0 Å². The minimum atomic E-state index is -1.69. The van der Waals surface area contributed by atoms with Gasteiger partial charge in [-0.2, -0.15) is 0 Å². The number of carbonyl (C=O) groups excluding carboxylic acids is 1. The lowest BCUT2D eigenvalue weighted by molar-refractivity contribution is -0.232. The molecule has 0 bridgehead atoms. The van der Waals surface area contributed by atoms with Gasteiger partial charge in [0.25, 0.3) is 0 Å². The van der Waals surface area contributed by atoms with Crippen LogP contribution in [0.1, 0.15) is 40.1 Å². The summed E-state index contributed by atoms with van der Waals surface area (Å²) in [6, 6.07) is 6.53. The number of aromatic hydroxyl groups is 3. The number of Topliss-reactive ketones (excluding diaryl/α,β-unsaturated/α-hetero) is 1. The SMILES string of the molecule is O=C1CC(c2ccc(O)c(O)c2)Oc2c1ccc(O)c2[C@@H]1O[C@H](CO)[C@H](O)[C@H](O)[C@H]1O. The molecule has 0 spiro atoms. The summed E-state index contributed by atoms with van der Waals surface area (Å²) in [6.45, 7) is -0.660. The monoisotopic (exact) mass is 434 g/mol. The number of benzene rings is 2. The van der Waals surface area contributed by atoms with Gasteiger partial charge in [-0.3, -0.25) is 4.79 Å². The minimum absolute atomic E-state index is 0.0851. The van der Waals surface area contributed by atoms with Crippen molar-refractivity contribution in [1.29, 1.82) is 0 Å². The van der Waals surface area contributed by atoms with E-state index in [2.05, 4.69) is 0 Å². The van der Waals surface area contributed by atoms with Crippen molar-refractivity contribution in [3.63, 3.8) is 0 Å². The molecule has 10 nitrogen and oxygen atoms in total. The quantitative estimate of drug-likeness (QED) is 0.326. The Balaban J connectivity index is 1.78. The first-order valence-electron chi connectivity index (χ1n) is 9.61. The Morgan fingerprint density at radius 1 is 0.903 bits per heavy atom. The van der Waals surface area contributed by atoms with Crippen LogP contribution < -0.4 is 4.74 Å². The van der Waals surface area contributed by atoms with Crippen molar-refractivity contribution >= 4 is 5.78 Å². The van der Waals surface area contributed by atoms with Gasteiger partial charge in [-0.05, 0) is 29.8 Å². The smallest absolute Gasteiger partial charge is 0.170 e. The molecule has 31 heavy (non-hydrogen) atoms. The molecule has 0 aliphatic carbocycles. The molecule has 0 saturated carbocycles. The van der Waals surface area contributed by atoms with Crippen LogP contribution in [-0.2, 0) is 4.74 Å². The van der Waals surface area contributed by atoms with Crippen LogP contribution in [0.3, 0.4) is 0 Å². The highest BCUT2D eigenvalue weighted by molar-refractivity contribution is 6.00. The topological polar surface area (TPSA) is 177 Å². The Bertz CT molecular complexity index is 1000. The summed E-state index contributed by atoms with van der Waals surface area (Å²) >= 11 is 0. The standard InChI is InChI=1S/C21H22O10/c22-7-15-17(27)18(28)19(29)21(31-15)16-11(24)4-2-9-12(25)6-14(30-20(9)16)8-1-3-10(23)13(26)5-8/h1-5,14-15,17-19,21-24,26-29H,6-7H2/t14?,15-,17+,18+,19-,21+/m1/s1. The molecule has 2 heterocycles. The predicted octanol–water partition coefficient (Wildman–Crippen LogP) is 0.0248. The van der Waals surface area contributed by atoms with E-state index in [9.17, 15) is 40.5 Å². The molecule has 2 aliphatic rings. The number of rotatable bonds is 3. The van der Waals surface area contributed by atoms with Gasteiger partial charge in [-0.25, -0.2) is 0 Å². The summed E-state index contributed by atoms with van der Waals surface area (Å²) < 4.78 is 11.5. The molecule has 2 aromatic rings. The van der Waals surface area contributed by atoms with Crippen LogP contribution in [0.15, 0.2) is 30.3 Å². The van der Waals surface area contributed by atoms with E-state index in [0.29, 0.717) is 5.56 Å². The zero-order valence-electron chi connectivity index (χ0n) is 16.1. The highest BCUT2D eigenvalue weighted by Crippen LogP contribution is 2.47. The Morgan fingerprint density at radius 2 is 1.61 bits per heavy atom. The summed E-state index contributed by atoms with van der Waals surface area (Å²) in [7, 11) is 0. The summed E-state index contributed by atoms with van der Waals surface area (Å²) in [5, 5.41) is 69.9. The number of phenols is 3. The number of hydrogen-bond acceptors (Lipinski definition) is 10. The van der Waals surface area contributed by atoms with Gasteiger partial charge in [-0.15, -0.1) is 0 Å². The maximum atomic E-state index is 12.8. The van der Waals surface area contributed by atoms with Crippen molar-refractivity contribution in [3.8, 4) is 23.0 Å². The fourth-order valence-electron chi connectivity index (χ4n) is 3.94. The van der Waals surface area contributed by atoms with E-state index in [1.807, 2.05) is 0 Å². The van der Waals surface area contributed by atoms with Gasteiger partial charge in [0.05, 0.1) is 24.2 Å². The maximum Gasteiger partial charge on any atom is 0.170 e. The predicted molar refractivity (Wildman–Crippen MR) is 103 cm³/mol. The lowest BCUT2D eigenvalue weighted by Gasteiger charge is -2.41. The number of ether oxygens (including phenoxy) is 2. The fraction of sp³-hybridized carbons (Fsp3) is 0.381. The average Bonchev–Trinajstić information content (AvgIpc) is 2.74. The second-order valence-electron chi connectivity index (χ2n) is 7.61. The lowest BCUT2D eigenvalue weighted by Crippen LogP contribution is -2.55. The van der Waals surface area contributed by atoms with Gasteiger partial charge in [0.15, 0.2) is 17.3 Å². The summed E-state index contributed by atoms with van der Waals surface area (Å²) in [5.41, 5.74) is 0.386. The minimum Gasteiger partial charge on any atom is -0.507 e. The maximum absolute atomic E-state index is 12.8. The average molecular weight is 434 g/mol. The lowest BCUT2D eigenvalue weighted by atomic mass is 9.87. The molecule has 1 saturated heterocycles. The Kier molecular flexibility index (Phi) is 5.50. The van der Waals surface area contributed by atoms with Crippen LogP contribution in [-0.4, -0.2) is 72.6 Å². The van der Waals surface area contributed by atoms with Crippen LogP contribution in [0.5, 0.6) is 23.0 Å². The molecule has 2 aromatic carbocycles. The van der Waals surface area contributed by atoms with Gasteiger partial charge in [0.1, 0.15) is 48.1 Å². The van der Waals surface area contributed by atoms with Crippen molar-refractivity contribution in [1.82, 2.24) is 0 Å². The molecule has 1 unspecified atom stereocenters. The molecule has 2 aliphatic heterocycles. The number of hydrogen-bond donors (Lipinski definition) is 7. The largest absolute Gasteiger partial charge is 0.507 e. The van der Waals surface area contributed by atoms with E-state index in [1.165, 1.54) is 30.3 Å². The summed E-state index contributed by atoms with van der Waals surface area (Å²) in [6.07, 6.45) is -8.56. The molecule has 7 N–H and O–H groups in total. The third-order valence-corrected chi connectivity index (χ3v) is 5.65. The van der Waals surface area contributed by atoms with Crippen LogP contribution in [0.2, 0.25) is 0 Å². The normalized spacial score (nSPS) is 30.5. The molecular weight excluding hydrogens is 412 g/mol. The van der Waals surface area contributed by atoms with Crippen LogP contribution in [0.25, 0.3) is 0 Å².